The summed E-state index contributed by atoms with van der Waals surface area (Å²) in [7, 11) is 0. The number of nitrogens with one attached hydrogen (secondary N) is 1. The van der Waals surface area contributed by atoms with Gasteiger partial charge in [-0.25, -0.2) is 4.39 Å². The van der Waals surface area contributed by atoms with Gasteiger partial charge in [0.15, 0.2) is 5.11 Å². The van der Waals surface area contributed by atoms with Gasteiger partial charge in [-0.3, -0.25) is 0 Å². The molecule has 0 radical (unpaired) electrons. The van der Waals surface area contributed by atoms with E-state index in [1.54, 1.807) is 30.3 Å². The van der Waals surface area contributed by atoms with Crippen molar-refractivity contribution in [2.75, 3.05) is 0 Å². The van der Waals surface area contributed by atoms with Gasteiger partial charge < -0.3 is 14.7 Å². The van der Waals surface area contributed by atoms with Gasteiger partial charge in [0.1, 0.15) is 5.82 Å². The Morgan fingerprint density at radius 1 is 1.06 bits per heavy atom. The average molecular weight is 491 g/mol. The molecule has 0 aliphatic carbocycles. The Balaban J connectivity index is 1.61. The topological polar surface area (TPSA) is 54.2 Å². The summed E-state index contributed by atoms with van der Waals surface area (Å²) in [5.74, 6) is 0.499. The van der Waals surface area contributed by atoms with Gasteiger partial charge in [0, 0.05) is 21.8 Å². The minimum atomic E-state index is -0.307. The van der Waals surface area contributed by atoms with Crippen molar-refractivity contribution in [3.8, 4) is 11.4 Å². The summed E-state index contributed by atoms with van der Waals surface area (Å²) in [5.41, 5.74) is 3.86. The zero-order chi connectivity index (χ0) is 23.7. The highest BCUT2D eigenvalue weighted by molar-refractivity contribution is 7.80. The molecule has 1 aliphatic rings. The quantitative estimate of drug-likeness (QED) is 0.327. The molecule has 5 rings (SSSR count). The number of allylic oxidation sites excluding steroid dienone is 1. The molecule has 1 aliphatic heterocycles. The van der Waals surface area contributed by atoms with E-state index in [0.717, 1.165) is 22.4 Å². The average Bonchev–Trinajstić information content (AvgIpc) is 3.33. The molecule has 1 unspecified atom stereocenters. The Morgan fingerprint density at radius 3 is 2.59 bits per heavy atom. The standard InChI is InChI=1S/C26H20ClFN4OS/c1-16-22(25-30-24(31-33-25)18-11-7-12-20(27)14-18)23(17-8-3-2-4-9-17)29-26(34)32(16)15-19-10-5-6-13-21(19)28/h2-14,23H,15H2,1H3,(H,29,34). The summed E-state index contributed by atoms with van der Waals surface area (Å²) < 4.78 is 20.2. The van der Waals surface area contributed by atoms with Crippen LogP contribution in [0, 0.1) is 5.82 Å². The summed E-state index contributed by atoms with van der Waals surface area (Å²) in [6.07, 6.45) is 0. The first-order valence-electron chi connectivity index (χ1n) is 10.7. The Bertz CT molecular complexity index is 1390. The van der Waals surface area contributed by atoms with Crippen molar-refractivity contribution in [3.05, 3.63) is 112 Å². The molecule has 0 spiro atoms. The molecule has 1 aromatic heterocycles. The molecule has 0 fully saturated rings. The zero-order valence-electron chi connectivity index (χ0n) is 18.2. The van der Waals surface area contributed by atoms with E-state index in [1.807, 2.05) is 54.3 Å². The van der Waals surface area contributed by atoms with Gasteiger partial charge in [0.05, 0.1) is 18.2 Å². The maximum absolute atomic E-state index is 14.4. The largest absolute Gasteiger partial charge is 0.351 e. The maximum atomic E-state index is 14.4. The predicted octanol–water partition coefficient (Wildman–Crippen LogP) is 6.39. The van der Waals surface area contributed by atoms with Crippen LogP contribution < -0.4 is 5.32 Å². The minimum absolute atomic E-state index is 0.268. The van der Waals surface area contributed by atoms with Gasteiger partial charge in [0.2, 0.25) is 5.82 Å². The van der Waals surface area contributed by atoms with Gasteiger partial charge in [-0.2, -0.15) is 4.98 Å². The molecule has 0 saturated carbocycles. The minimum Gasteiger partial charge on any atom is -0.351 e. The highest BCUT2D eigenvalue weighted by Gasteiger charge is 2.34. The van der Waals surface area contributed by atoms with Crippen LogP contribution in [-0.4, -0.2) is 20.2 Å². The molecule has 8 heteroatoms. The molecule has 0 amide bonds. The fourth-order valence-corrected chi connectivity index (χ4v) is 4.53. The van der Waals surface area contributed by atoms with Crippen molar-refractivity contribution in [2.24, 2.45) is 0 Å². The molecule has 4 aromatic rings. The molecule has 0 saturated heterocycles. The Kier molecular flexibility index (Phi) is 6.13. The van der Waals surface area contributed by atoms with Crippen molar-refractivity contribution >= 4 is 34.5 Å². The number of thiocarbonyl (C=S) groups is 1. The van der Waals surface area contributed by atoms with E-state index in [1.165, 1.54) is 6.07 Å². The maximum Gasteiger partial charge on any atom is 0.258 e. The Hall–Kier alpha value is -3.55. The van der Waals surface area contributed by atoms with Crippen LogP contribution in [0.4, 0.5) is 4.39 Å². The molecule has 3 aromatic carbocycles. The van der Waals surface area contributed by atoms with Crippen molar-refractivity contribution in [3.63, 3.8) is 0 Å². The molecule has 1 atom stereocenters. The second-order valence-corrected chi connectivity index (χ2v) is 8.73. The second kappa shape index (κ2) is 9.37. The van der Waals surface area contributed by atoms with Crippen molar-refractivity contribution < 1.29 is 8.91 Å². The fourth-order valence-electron chi connectivity index (χ4n) is 4.02. The monoisotopic (exact) mass is 490 g/mol. The third kappa shape index (κ3) is 4.32. The van der Waals surface area contributed by atoms with Crippen molar-refractivity contribution in [1.82, 2.24) is 20.4 Å². The van der Waals surface area contributed by atoms with Crippen molar-refractivity contribution in [2.45, 2.75) is 19.5 Å². The first-order valence-corrected chi connectivity index (χ1v) is 11.5. The number of rotatable bonds is 5. The van der Waals surface area contributed by atoms with Crippen LogP contribution in [0.2, 0.25) is 5.02 Å². The van der Waals surface area contributed by atoms with Crippen LogP contribution in [0.15, 0.2) is 89.1 Å². The Morgan fingerprint density at radius 2 is 1.82 bits per heavy atom. The molecular weight excluding hydrogens is 471 g/mol. The van der Waals surface area contributed by atoms with Crippen LogP contribution in [0.5, 0.6) is 0 Å². The summed E-state index contributed by atoms with van der Waals surface area (Å²) in [5, 5.41) is 8.66. The lowest BCUT2D eigenvalue weighted by Crippen LogP contribution is -2.45. The van der Waals surface area contributed by atoms with E-state index >= 15 is 0 Å². The lowest BCUT2D eigenvalue weighted by molar-refractivity contribution is 0.395. The molecule has 1 N–H and O–H groups in total. The van der Waals surface area contributed by atoms with Crippen LogP contribution in [-0.2, 0) is 6.54 Å². The lowest BCUT2D eigenvalue weighted by Gasteiger charge is -2.37. The third-order valence-corrected chi connectivity index (χ3v) is 6.33. The summed E-state index contributed by atoms with van der Waals surface area (Å²) in [4.78, 5) is 6.53. The van der Waals surface area contributed by atoms with Gasteiger partial charge in [0.25, 0.3) is 5.89 Å². The SMILES string of the molecule is CC1=C(c2nc(-c3cccc(Cl)c3)no2)C(c2ccccc2)NC(=S)N1Cc1ccccc1F. The Labute approximate surface area is 206 Å². The smallest absolute Gasteiger partial charge is 0.258 e. The first-order chi connectivity index (χ1) is 16.5. The number of hydrogen-bond donors (Lipinski definition) is 1. The molecular formula is C26H20ClFN4OS. The molecule has 34 heavy (non-hydrogen) atoms. The van der Waals surface area contributed by atoms with E-state index < -0.39 is 0 Å². The van der Waals surface area contributed by atoms with E-state index in [0.29, 0.717) is 27.4 Å². The summed E-state index contributed by atoms with van der Waals surface area (Å²) in [6, 6.07) is 23.5. The highest BCUT2D eigenvalue weighted by atomic mass is 35.5. The van der Waals surface area contributed by atoms with Gasteiger partial charge >= 0.3 is 0 Å². The molecule has 2 heterocycles. The number of nitrogens with zero attached hydrogens (tertiary/aromatic N) is 3. The van der Waals surface area contributed by atoms with E-state index in [4.69, 9.17) is 28.3 Å². The fraction of sp³-hybridized carbons (Fsp3) is 0.115. The van der Waals surface area contributed by atoms with Crippen molar-refractivity contribution in [1.29, 1.82) is 0 Å². The van der Waals surface area contributed by atoms with E-state index in [2.05, 4.69) is 15.5 Å². The van der Waals surface area contributed by atoms with E-state index in [9.17, 15) is 4.39 Å². The highest BCUT2D eigenvalue weighted by Crippen LogP contribution is 2.38. The number of hydrogen-bond acceptors (Lipinski definition) is 4. The van der Waals surface area contributed by atoms with Gasteiger partial charge in [-0.05, 0) is 42.9 Å². The first kappa shape index (κ1) is 22.3. The third-order valence-electron chi connectivity index (χ3n) is 5.75. The van der Waals surface area contributed by atoms with E-state index in [-0.39, 0.29) is 18.4 Å². The molecule has 0 bridgehead atoms. The normalized spacial score (nSPS) is 16.0. The number of aromatic nitrogens is 2. The summed E-state index contributed by atoms with van der Waals surface area (Å²) in [6.45, 7) is 2.20. The molecule has 170 valence electrons. The predicted molar refractivity (Wildman–Crippen MR) is 134 cm³/mol. The number of halogens is 2. The summed E-state index contributed by atoms with van der Waals surface area (Å²) >= 11 is 11.8. The van der Waals surface area contributed by atoms with Gasteiger partial charge in [-0.15, -0.1) is 0 Å². The van der Waals surface area contributed by atoms with Crippen LogP contribution >= 0.6 is 23.8 Å². The van der Waals surface area contributed by atoms with Crippen LogP contribution in [0.3, 0.4) is 0 Å². The van der Waals surface area contributed by atoms with Crippen LogP contribution in [0.25, 0.3) is 17.0 Å². The zero-order valence-corrected chi connectivity index (χ0v) is 19.8. The lowest BCUT2D eigenvalue weighted by atomic mass is 9.94. The number of benzene rings is 3. The second-order valence-electron chi connectivity index (χ2n) is 7.90. The molecule has 5 nitrogen and oxygen atoms in total. The van der Waals surface area contributed by atoms with Crippen LogP contribution in [0.1, 0.15) is 30.0 Å². The van der Waals surface area contributed by atoms with Gasteiger partial charge in [-0.1, -0.05) is 77.4 Å².